The van der Waals surface area contributed by atoms with Gasteiger partial charge in [-0.3, -0.25) is 5.10 Å². The Bertz CT molecular complexity index is 419. The van der Waals surface area contributed by atoms with E-state index in [1.165, 1.54) is 6.33 Å². The number of nitrogens with one attached hydrogen (secondary N) is 1. The molecule has 0 aliphatic carbocycles. The van der Waals surface area contributed by atoms with Crippen molar-refractivity contribution in [2.75, 3.05) is 6.54 Å². The molecule has 0 saturated heterocycles. The van der Waals surface area contributed by atoms with E-state index in [2.05, 4.69) is 32.2 Å². The lowest BCUT2D eigenvalue weighted by Crippen LogP contribution is -2.15. The van der Waals surface area contributed by atoms with Crippen molar-refractivity contribution in [2.45, 2.75) is 19.8 Å². The number of aromatic nitrogens is 5. The van der Waals surface area contributed by atoms with Crippen molar-refractivity contribution in [2.24, 2.45) is 11.7 Å². The average molecular weight is 222 g/mol. The highest BCUT2D eigenvalue weighted by Crippen LogP contribution is 2.13. The minimum atomic E-state index is 0.378. The summed E-state index contributed by atoms with van der Waals surface area (Å²) >= 11 is 0. The third-order valence-corrected chi connectivity index (χ3v) is 2.47. The third-order valence-electron chi connectivity index (χ3n) is 2.47. The molecule has 7 heteroatoms. The van der Waals surface area contributed by atoms with Crippen LogP contribution in [0.5, 0.6) is 0 Å². The molecule has 0 amide bonds. The molecular weight excluding hydrogens is 208 g/mol. The second-order valence-corrected chi connectivity index (χ2v) is 3.56. The van der Waals surface area contributed by atoms with E-state index in [0.717, 1.165) is 6.42 Å². The molecule has 3 N–H and O–H groups in total. The fourth-order valence-corrected chi connectivity index (χ4v) is 1.39. The van der Waals surface area contributed by atoms with Crippen LogP contribution in [0.2, 0.25) is 0 Å². The lowest BCUT2D eigenvalue weighted by Gasteiger charge is -2.07. The Morgan fingerprint density at radius 3 is 3.06 bits per heavy atom. The maximum Gasteiger partial charge on any atom is 0.239 e. The van der Waals surface area contributed by atoms with Gasteiger partial charge in [-0.1, -0.05) is 18.5 Å². The van der Waals surface area contributed by atoms with Crippen LogP contribution in [0.15, 0.2) is 10.9 Å². The summed E-state index contributed by atoms with van der Waals surface area (Å²) in [5.41, 5.74) is 5.61. The Kier molecular flexibility index (Phi) is 3.25. The molecule has 0 radical (unpaired) electrons. The lowest BCUT2D eigenvalue weighted by atomic mass is 10.0. The smallest absolute Gasteiger partial charge is 0.239 e. The number of aromatic amines is 1. The number of rotatable bonds is 5. The number of nitrogens with zero attached hydrogens (tertiary/aromatic N) is 4. The SMILES string of the molecule is CCC(CN)Cc1nc(-c2ncn[nH]2)no1. The predicted molar refractivity (Wildman–Crippen MR) is 56.2 cm³/mol. The van der Waals surface area contributed by atoms with Gasteiger partial charge in [0.2, 0.25) is 11.7 Å². The van der Waals surface area contributed by atoms with E-state index in [-0.39, 0.29) is 0 Å². The number of hydrogen-bond acceptors (Lipinski definition) is 6. The van der Waals surface area contributed by atoms with Crippen LogP contribution in [0.3, 0.4) is 0 Å². The largest absolute Gasteiger partial charge is 0.339 e. The first-order valence-electron chi connectivity index (χ1n) is 5.21. The monoisotopic (exact) mass is 222 g/mol. The highest BCUT2D eigenvalue weighted by molar-refractivity contribution is 5.39. The maximum atomic E-state index is 5.61. The lowest BCUT2D eigenvalue weighted by molar-refractivity contribution is 0.350. The van der Waals surface area contributed by atoms with Gasteiger partial charge in [-0.2, -0.15) is 10.1 Å². The van der Waals surface area contributed by atoms with Gasteiger partial charge in [0.25, 0.3) is 0 Å². The summed E-state index contributed by atoms with van der Waals surface area (Å²) in [4.78, 5) is 8.16. The number of hydrogen-bond donors (Lipinski definition) is 2. The summed E-state index contributed by atoms with van der Waals surface area (Å²) in [6, 6.07) is 0. The van der Waals surface area contributed by atoms with Gasteiger partial charge in [-0.15, -0.1) is 0 Å². The van der Waals surface area contributed by atoms with Crippen LogP contribution in [0.25, 0.3) is 11.6 Å². The number of H-pyrrole nitrogens is 1. The van der Waals surface area contributed by atoms with Gasteiger partial charge in [0.15, 0.2) is 5.82 Å². The zero-order valence-corrected chi connectivity index (χ0v) is 9.05. The summed E-state index contributed by atoms with van der Waals surface area (Å²) in [6.07, 6.45) is 3.10. The fraction of sp³-hybridized carbons (Fsp3) is 0.556. The van der Waals surface area contributed by atoms with E-state index in [9.17, 15) is 0 Å². The average Bonchev–Trinajstić information content (AvgIpc) is 2.96. The van der Waals surface area contributed by atoms with Crippen molar-refractivity contribution >= 4 is 0 Å². The molecule has 2 rings (SSSR count). The normalized spacial score (nSPS) is 12.9. The van der Waals surface area contributed by atoms with Crippen LogP contribution in [0.4, 0.5) is 0 Å². The first-order chi connectivity index (χ1) is 7.83. The van der Waals surface area contributed by atoms with E-state index >= 15 is 0 Å². The van der Waals surface area contributed by atoms with Crippen molar-refractivity contribution in [3.63, 3.8) is 0 Å². The highest BCUT2D eigenvalue weighted by Gasteiger charge is 2.14. The Morgan fingerprint density at radius 2 is 2.44 bits per heavy atom. The van der Waals surface area contributed by atoms with Crippen molar-refractivity contribution in [3.8, 4) is 11.6 Å². The molecule has 0 fully saturated rings. The van der Waals surface area contributed by atoms with E-state index in [0.29, 0.717) is 36.4 Å². The van der Waals surface area contributed by atoms with Crippen molar-refractivity contribution < 1.29 is 4.52 Å². The first kappa shape index (κ1) is 10.7. The van der Waals surface area contributed by atoms with E-state index in [1.807, 2.05) is 0 Å². The molecule has 0 saturated carbocycles. The first-order valence-corrected chi connectivity index (χ1v) is 5.21. The van der Waals surface area contributed by atoms with Crippen LogP contribution < -0.4 is 5.73 Å². The molecule has 2 heterocycles. The van der Waals surface area contributed by atoms with E-state index < -0.39 is 0 Å². The topological polar surface area (TPSA) is 107 Å². The number of nitrogens with two attached hydrogens (primary N) is 1. The molecule has 0 aliphatic heterocycles. The molecular formula is C9H14N6O. The van der Waals surface area contributed by atoms with Crippen LogP contribution in [-0.2, 0) is 6.42 Å². The Balaban J connectivity index is 2.08. The van der Waals surface area contributed by atoms with Gasteiger partial charge in [-0.05, 0) is 12.5 Å². The molecule has 0 aliphatic rings. The van der Waals surface area contributed by atoms with Crippen LogP contribution in [-0.4, -0.2) is 31.9 Å². The third kappa shape index (κ3) is 2.25. The minimum absolute atomic E-state index is 0.378. The summed E-state index contributed by atoms with van der Waals surface area (Å²) in [6.45, 7) is 2.71. The molecule has 86 valence electrons. The Labute approximate surface area is 92.5 Å². The van der Waals surface area contributed by atoms with Gasteiger partial charge in [0.05, 0.1) is 0 Å². The molecule has 0 spiro atoms. The Hall–Kier alpha value is -1.76. The van der Waals surface area contributed by atoms with E-state index in [1.54, 1.807) is 0 Å². The predicted octanol–water partition coefficient (Wildman–Crippen LogP) is 0.382. The van der Waals surface area contributed by atoms with Gasteiger partial charge >= 0.3 is 0 Å². The van der Waals surface area contributed by atoms with Gasteiger partial charge in [0.1, 0.15) is 6.33 Å². The van der Waals surface area contributed by atoms with Crippen molar-refractivity contribution in [1.29, 1.82) is 0 Å². The molecule has 0 bridgehead atoms. The van der Waals surface area contributed by atoms with E-state index in [4.69, 9.17) is 10.3 Å². The maximum absolute atomic E-state index is 5.61. The molecule has 1 atom stereocenters. The quantitative estimate of drug-likeness (QED) is 0.757. The second-order valence-electron chi connectivity index (χ2n) is 3.56. The molecule has 2 aromatic rings. The fourth-order valence-electron chi connectivity index (χ4n) is 1.39. The Morgan fingerprint density at radius 1 is 1.56 bits per heavy atom. The standard InChI is InChI=1S/C9H14N6O/c1-2-6(4-10)3-7-13-9(15-16-7)8-11-5-12-14-8/h5-6H,2-4,10H2,1H3,(H,11,12,14). The molecule has 0 aromatic carbocycles. The zero-order valence-electron chi connectivity index (χ0n) is 9.05. The highest BCUT2D eigenvalue weighted by atomic mass is 16.5. The van der Waals surface area contributed by atoms with Gasteiger partial charge < -0.3 is 10.3 Å². The van der Waals surface area contributed by atoms with Gasteiger partial charge in [0, 0.05) is 6.42 Å². The van der Waals surface area contributed by atoms with Crippen molar-refractivity contribution in [1.82, 2.24) is 25.3 Å². The molecule has 7 nitrogen and oxygen atoms in total. The molecule has 1 unspecified atom stereocenters. The summed E-state index contributed by atoms with van der Waals surface area (Å²) in [7, 11) is 0. The molecule has 2 aromatic heterocycles. The second kappa shape index (κ2) is 4.84. The van der Waals surface area contributed by atoms with Crippen LogP contribution in [0.1, 0.15) is 19.2 Å². The molecule has 16 heavy (non-hydrogen) atoms. The summed E-state index contributed by atoms with van der Waals surface area (Å²) in [5.74, 6) is 1.90. The van der Waals surface area contributed by atoms with Crippen LogP contribution >= 0.6 is 0 Å². The zero-order chi connectivity index (χ0) is 11.4. The summed E-state index contributed by atoms with van der Waals surface area (Å²) < 4.78 is 5.12. The summed E-state index contributed by atoms with van der Waals surface area (Å²) in [5, 5.41) is 10.2. The van der Waals surface area contributed by atoms with Gasteiger partial charge in [-0.25, -0.2) is 4.98 Å². The van der Waals surface area contributed by atoms with Crippen LogP contribution in [0, 0.1) is 5.92 Å². The minimum Gasteiger partial charge on any atom is -0.339 e. The van der Waals surface area contributed by atoms with Crippen molar-refractivity contribution in [3.05, 3.63) is 12.2 Å².